The standard InChI is InChI=1S/C27H29F2N3O3/c1-34-22-6-4-5-20(17-22)26(24-7-2-3-12-31-24)32(27(33)19-10-13-30-14-11-19)15-16-35-25-18-21(28)8-9-23(25)29/h2-9,12,17-19,26,30H,10-11,13-16H2,1H3/t26-/m0/s1. The van der Waals surface area contributed by atoms with Gasteiger partial charge in [-0.15, -0.1) is 0 Å². The normalized spacial score (nSPS) is 14.8. The molecule has 1 N–H and O–H groups in total. The number of ether oxygens (including phenoxy) is 2. The number of carbonyl (C=O) groups excluding carboxylic acids is 1. The zero-order chi connectivity index (χ0) is 24.6. The van der Waals surface area contributed by atoms with Crippen LogP contribution in [0.2, 0.25) is 0 Å². The Balaban J connectivity index is 1.67. The number of nitrogens with one attached hydrogen (secondary N) is 1. The van der Waals surface area contributed by atoms with E-state index in [1.54, 1.807) is 18.2 Å². The van der Waals surface area contributed by atoms with Crippen LogP contribution in [0.4, 0.5) is 8.78 Å². The van der Waals surface area contributed by atoms with Gasteiger partial charge >= 0.3 is 0 Å². The van der Waals surface area contributed by atoms with Crippen LogP contribution in [0.3, 0.4) is 0 Å². The molecular formula is C27H29F2N3O3. The summed E-state index contributed by atoms with van der Waals surface area (Å²) in [6.07, 6.45) is 3.14. The summed E-state index contributed by atoms with van der Waals surface area (Å²) in [5.74, 6) is -0.943. The molecule has 1 amide bonds. The number of aromatic nitrogens is 1. The number of benzene rings is 2. The fourth-order valence-corrected chi connectivity index (χ4v) is 4.37. The lowest BCUT2D eigenvalue weighted by Crippen LogP contribution is -2.45. The molecule has 4 rings (SSSR count). The summed E-state index contributed by atoms with van der Waals surface area (Å²) in [5.41, 5.74) is 1.53. The topological polar surface area (TPSA) is 63.7 Å². The average Bonchev–Trinajstić information content (AvgIpc) is 2.90. The maximum absolute atomic E-state index is 14.1. The molecule has 1 fully saturated rings. The third-order valence-electron chi connectivity index (χ3n) is 6.14. The van der Waals surface area contributed by atoms with Crippen molar-refractivity contribution in [2.45, 2.75) is 18.9 Å². The van der Waals surface area contributed by atoms with E-state index in [2.05, 4.69) is 10.3 Å². The quantitative estimate of drug-likeness (QED) is 0.492. The fraction of sp³-hybridized carbons (Fsp3) is 0.333. The van der Waals surface area contributed by atoms with Crippen molar-refractivity contribution < 1.29 is 23.0 Å². The molecule has 0 spiro atoms. The molecule has 35 heavy (non-hydrogen) atoms. The molecular weight excluding hydrogens is 452 g/mol. The van der Waals surface area contributed by atoms with Crippen LogP contribution in [0.15, 0.2) is 66.9 Å². The molecule has 0 saturated carbocycles. The minimum absolute atomic E-state index is 0.00954. The largest absolute Gasteiger partial charge is 0.497 e. The maximum atomic E-state index is 14.1. The van der Waals surface area contributed by atoms with E-state index in [1.165, 1.54) is 0 Å². The first kappa shape index (κ1) is 24.6. The Bertz CT molecular complexity index is 1120. The van der Waals surface area contributed by atoms with Crippen molar-refractivity contribution in [2.24, 2.45) is 5.92 Å². The Hall–Kier alpha value is -3.52. The van der Waals surface area contributed by atoms with Crippen LogP contribution in [-0.2, 0) is 4.79 Å². The molecule has 1 saturated heterocycles. The summed E-state index contributed by atoms with van der Waals surface area (Å²) >= 11 is 0. The van der Waals surface area contributed by atoms with Crippen molar-refractivity contribution in [3.8, 4) is 11.5 Å². The molecule has 0 bridgehead atoms. The Morgan fingerprint density at radius 3 is 2.69 bits per heavy atom. The lowest BCUT2D eigenvalue weighted by molar-refractivity contribution is -0.138. The number of hydrogen-bond donors (Lipinski definition) is 1. The molecule has 1 aliphatic heterocycles. The highest BCUT2D eigenvalue weighted by molar-refractivity contribution is 5.80. The van der Waals surface area contributed by atoms with Crippen LogP contribution >= 0.6 is 0 Å². The van der Waals surface area contributed by atoms with Gasteiger partial charge in [-0.05, 0) is 67.9 Å². The number of rotatable bonds is 9. The van der Waals surface area contributed by atoms with Crippen LogP contribution < -0.4 is 14.8 Å². The van der Waals surface area contributed by atoms with E-state index in [1.807, 2.05) is 42.5 Å². The number of pyridine rings is 1. The second-order valence-corrected chi connectivity index (χ2v) is 8.41. The number of halogens is 2. The van der Waals surface area contributed by atoms with Gasteiger partial charge in [-0.25, -0.2) is 8.78 Å². The molecule has 2 heterocycles. The molecule has 0 radical (unpaired) electrons. The molecule has 184 valence electrons. The van der Waals surface area contributed by atoms with Crippen molar-refractivity contribution in [1.82, 2.24) is 15.2 Å². The molecule has 1 aliphatic rings. The van der Waals surface area contributed by atoms with Gasteiger partial charge in [0.05, 0.1) is 25.4 Å². The molecule has 0 unspecified atom stereocenters. The molecule has 1 aromatic heterocycles. The van der Waals surface area contributed by atoms with E-state index in [4.69, 9.17) is 9.47 Å². The Labute approximate surface area is 203 Å². The highest BCUT2D eigenvalue weighted by Crippen LogP contribution is 2.32. The Morgan fingerprint density at radius 2 is 1.94 bits per heavy atom. The van der Waals surface area contributed by atoms with Crippen LogP contribution in [0.1, 0.15) is 30.1 Å². The zero-order valence-electron chi connectivity index (χ0n) is 19.6. The molecule has 6 nitrogen and oxygen atoms in total. The van der Waals surface area contributed by atoms with E-state index < -0.39 is 17.7 Å². The summed E-state index contributed by atoms with van der Waals surface area (Å²) in [5, 5.41) is 3.29. The predicted molar refractivity (Wildman–Crippen MR) is 128 cm³/mol. The molecule has 3 aromatic rings. The smallest absolute Gasteiger partial charge is 0.226 e. The highest BCUT2D eigenvalue weighted by Gasteiger charge is 2.33. The van der Waals surface area contributed by atoms with Gasteiger partial charge < -0.3 is 19.7 Å². The number of amides is 1. The SMILES string of the molecule is COc1cccc([C@@H](c2ccccn2)N(CCOc2cc(F)ccc2F)C(=O)C2CCNCC2)c1. The molecule has 8 heteroatoms. The summed E-state index contributed by atoms with van der Waals surface area (Å²) in [7, 11) is 1.59. The second-order valence-electron chi connectivity index (χ2n) is 8.41. The lowest BCUT2D eigenvalue weighted by atomic mass is 9.93. The predicted octanol–water partition coefficient (Wildman–Crippen LogP) is 4.37. The minimum Gasteiger partial charge on any atom is -0.497 e. The first-order chi connectivity index (χ1) is 17.1. The molecule has 0 aliphatic carbocycles. The van der Waals surface area contributed by atoms with Crippen molar-refractivity contribution in [2.75, 3.05) is 33.4 Å². The highest BCUT2D eigenvalue weighted by atomic mass is 19.1. The van der Waals surface area contributed by atoms with Crippen LogP contribution in [0.25, 0.3) is 0 Å². The average molecular weight is 482 g/mol. The second kappa shape index (κ2) is 11.8. The minimum atomic E-state index is -0.656. The summed E-state index contributed by atoms with van der Waals surface area (Å²) in [4.78, 5) is 20.1. The van der Waals surface area contributed by atoms with Gasteiger partial charge in [-0.2, -0.15) is 0 Å². The first-order valence-electron chi connectivity index (χ1n) is 11.7. The van der Waals surface area contributed by atoms with Gasteiger partial charge in [0.25, 0.3) is 0 Å². The zero-order valence-corrected chi connectivity index (χ0v) is 19.6. The number of carbonyl (C=O) groups is 1. The van der Waals surface area contributed by atoms with Gasteiger partial charge in [0.2, 0.25) is 5.91 Å². The van der Waals surface area contributed by atoms with Crippen LogP contribution in [-0.4, -0.2) is 49.1 Å². The number of hydrogen-bond acceptors (Lipinski definition) is 5. The Kier molecular flexibility index (Phi) is 8.26. The van der Waals surface area contributed by atoms with Crippen molar-refractivity contribution in [1.29, 1.82) is 0 Å². The third-order valence-corrected chi connectivity index (χ3v) is 6.14. The Morgan fingerprint density at radius 1 is 1.11 bits per heavy atom. The van der Waals surface area contributed by atoms with Crippen LogP contribution in [0.5, 0.6) is 11.5 Å². The summed E-state index contributed by atoms with van der Waals surface area (Å²) in [6, 6.07) is 15.7. The number of piperidine rings is 1. The van der Waals surface area contributed by atoms with Gasteiger partial charge in [-0.3, -0.25) is 9.78 Å². The molecule has 1 atom stereocenters. The number of methoxy groups -OCH3 is 1. The van der Waals surface area contributed by atoms with E-state index in [-0.39, 0.29) is 30.7 Å². The lowest BCUT2D eigenvalue weighted by Gasteiger charge is -2.35. The first-order valence-corrected chi connectivity index (χ1v) is 11.7. The molecule has 2 aromatic carbocycles. The van der Waals surface area contributed by atoms with Crippen LogP contribution in [0, 0.1) is 17.6 Å². The van der Waals surface area contributed by atoms with Gasteiger partial charge in [-0.1, -0.05) is 18.2 Å². The van der Waals surface area contributed by atoms with Gasteiger partial charge in [0, 0.05) is 18.2 Å². The van der Waals surface area contributed by atoms with Crippen molar-refractivity contribution in [3.05, 3.63) is 89.8 Å². The monoisotopic (exact) mass is 481 g/mol. The van der Waals surface area contributed by atoms with Gasteiger partial charge in [0.1, 0.15) is 18.2 Å². The van der Waals surface area contributed by atoms with E-state index in [0.717, 1.165) is 49.7 Å². The summed E-state index contributed by atoms with van der Waals surface area (Å²) < 4.78 is 38.7. The fourth-order valence-electron chi connectivity index (χ4n) is 4.37. The van der Waals surface area contributed by atoms with Crippen molar-refractivity contribution >= 4 is 5.91 Å². The summed E-state index contributed by atoms with van der Waals surface area (Å²) in [6.45, 7) is 1.69. The number of nitrogens with zero attached hydrogens (tertiary/aromatic N) is 2. The maximum Gasteiger partial charge on any atom is 0.226 e. The third kappa shape index (κ3) is 6.14. The van der Waals surface area contributed by atoms with Gasteiger partial charge in [0.15, 0.2) is 11.6 Å². The van der Waals surface area contributed by atoms with E-state index in [9.17, 15) is 13.6 Å². The van der Waals surface area contributed by atoms with Crippen molar-refractivity contribution in [3.63, 3.8) is 0 Å². The van der Waals surface area contributed by atoms with E-state index >= 15 is 0 Å². The van der Waals surface area contributed by atoms with E-state index in [0.29, 0.717) is 11.4 Å².